The van der Waals surface area contributed by atoms with Gasteiger partial charge in [0.05, 0.1) is 11.9 Å². The molecule has 178 valence electrons. The van der Waals surface area contributed by atoms with E-state index in [1.807, 2.05) is 17.0 Å². The van der Waals surface area contributed by atoms with Crippen LogP contribution in [0.3, 0.4) is 0 Å². The van der Waals surface area contributed by atoms with E-state index in [0.29, 0.717) is 19.6 Å². The summed E-state index contributed by atoms with van der Waals surface area (Å²) in [7, 11) is 0. The number of hydrogen-bond acceptors (Lipinski definition) is 7. The molecule has 3 aromatic rings. The Labute approximate surface area is 204 Å². The highest BCUT2D eigenvalue weighted by molar-refractivity contribution is 7.19. The number of carbonyl (C=O) groups excluding carboxylic acids is 1. The van der Waals surface area contributed by atoms with Gasteiger partial charge < -0.3 is 10.2 Å². The van der Waals surface area contributed by atoms with Crippen LogP contribution in [0.2, 0.25) is 0 Å². The summed E-state index contributed by atoms with van der Waals surface area (Å²) in [5.41, 5.74) is 5.90. The quantitative estimate of drug-likeness (QED) is 0.496. The van der Waals surface area contributed by atoms with E-state index in [1.165, 1.54) is 35.3 Å². The summed E-state index contributed by atoms with van der Waals surface area (Å²) in [6.07, 6.45) is 9.91. The van der Waals surface area contributed by atoms with Crippen LogP contribution in [0.4, 0.5) is 5.82 Å². The van der Waals surface area contributed by atoms with Crippen molar-refractivity contribution in [1.29, 1.82) is 0 Å². The van der Waals surface area contributed by atoms with Gasteiger partial charge in [0, 0.05) is 43.2 Å². The minimum absolute atomic E-state index is 0.0747. The Morgan fingerprint density at radius 1 is 1.15 bits per heavy atom. The van der Waals surface area contributed by atoms with Crippen LogP contribution in [-0.2, 0) is 17.8 Å². The standard InChI is InChI=1S/C26H32N6OS/c1-19(20-9-4-2-5-10-20)30-25-24-21-12-16-31(17-22(21)34-26(24)28-18-27-25)23(33)11-8-13-29-32-14-6-3-7-15-32/h2,4-5,8-11,18-19,29H,3,6-7,12-17H2,1H3,(H,27,28,30)/t19-/m1/s1. The maximum absolute atomic E-state index is 12.8. The summed E-state index contributed by atoms with van der Waals surface area (Å²) in [6, 6.07) is 10.5. The number of anilines is 1. The van der Waals surface area contributed by atoms with Gasteiger partial charge >= 0.3 is 0 Å². The molecule has 0 unspecified atom stereocenters. The zero-order valence-corrected chi connectivity index (χ0v) is 20.5. The highest BCUT2D eigenvalue weighted by Gasteiger charge is 2.26. The van der Waals surface area contributed by atoms with Crippen molar-refractivity contribution in [2.75, 3.05) is 31.5 Å². The van der Waals surface area contributed by atoms with Gasteiger partial charge in [0.15, 0.2) is 0 Å². The molecule has 5 rings (SSSR count). The molecule has 0 saturated carbocycles. The van der Waals surface area contributed by atoms with E-state index in [9.17, 15) is 4.79 Å². The van der Waals surface area contributed by atoms with Crippen LogP contribution >= 0.6 is 11.3 Å². The molecule has 1 saturated heterocycles. The predicted octanol–water partition coefficient (Wildman–Crippen LogP) is 4.30. The molecule has 0 spiro atoms. The van der Waals surface area contributed by atoms with Gasteiger partial charge in [0.2, 0.25) is 5.91 Å². The van der Waals surface area contributed by atoms with E-state index in [-0.39, 0.29) is 11.9 Å². The average Bonchev–Trinajstić information content (AvgIpc) is 3.26. The first kappa shape index (κ1) is 23.0. The second kappa shape index (κ2) is 10.6. The monoisotopic (exact) mass is 476 g/mol. The Kier molecular flexibility index (Phi) is 7.18. The highest BCUT2D eigenvalue weighted by Crippen LogP contribution is 2.38. The second-order valence-corrected chi connectivity index (χ2v) is 10.1. The number of fused-ring (bicyclic) bond motifs is 3. The van der Waals surface area contributed by atoms with Crippen molar-refractivity contribution < 1.29 is 4.79 Å². The first-order valence-corrected chi connectivity index (χ1v) is 13.0. The van der Waals surface area contributed by atoms with Crippen molar-refractivity contribution in [3.63, 3.8) is 0 Å². The lowest BCUT2D eigenvalue weighted by Crippen LogP contribution is -2.41. The molecule has 0 aliphatic carbocycles. The lowest BCUT2D eigenvalue weighted by molar-refractivity contribution is -0.126. The molecule has 0 radical (unpaired) electrons. The van der Waals surface area contributed by atoms with Gasteiger partial charge in [-0.1, -0.05) is 42.8 Å². The van der Waals surface area contributed by atoms with Crippen molar-refractivity contribution in [2.24, 2.45) is 0 Å². The molecule has 2 aliphatic rings. The van der Waals surface area contributed by atoms with Gasteiger partial charge in [0.25, 0.3) is 0 Å². The number of piperidine rings is 1. The summed E-state index contributed by atoms with van der Waals surface area (Å²) in [6.45, 7) is 6.36. The summed E-state index contributed by atoms with van der Waals surface area (Å²) in [4.78, 5) is 26.1. The van der Waals surface area contributed by atoms with Gasteiger partial charge in [-0.05, 0) is 37.3 Å². The van der Waals surface area contributed by atoms with Gasteiger partial charge in [-0.25, -0.2) is 15.0 Å². The van der Waals surface area contributed by atoms with Gasteiger partial charge in [-0.15, -0.1) is 11.3 Å². The van der Waals surface area contributed by atoms with Crippen molar-refractivity contribution in [3.8, 4) is 0 Å². The van der Waals surface area contributed by atoms with Crippen molar-refractivity contribution in [3.05, 3.63) is 64.8 Å². The molecule has 1 amide bonds. The number of thiophene rings is 1. The van der Waals surface area contributed by atoms with Crippen LogP contribution in [0.5, 0.6) is 0 Å². The molecule has 1 fully saturated rings. The molecular weight excluding hydrogens is 444 g/mol. The largest absolute Gasteiger partial charge is 0.363 e. The number of carbonyl (C=O) groups is 1. The Balaban J connectivity index is 1.25. The maximum Gasteiger partial charge on any atom is 0.246 e. The predicted molar refractivity (Wildman–Crippen MR) is 138 cm³/mol. The number of hydrazine groups is 1. The SMILES string of the molecule is C[C@@H](Nc1ncnc2sc3c(c12)CCN(C(=O)C=CCNN1CCCCC1)C3)c1ccccc1. The third kappa shape index (κ3) is 5.14. The van der Waals surface area contributed by atoms with E-state index < -0.39 is 0 Å². The summed E-state index contributed by atoms with van der Waals surface area (Å²) < 4.78 is 0. The molecule has 2 aliphatic heterocycles. The smallest absolute Gasteiger partial charge is 0.246 e. The Morgan fingerprint density at radius 2 is 1.97 bits per heavy atom. The van der Waals surface area contributed by atoms with Crippen LogP contribution < -0.4 is 10.7 Å². The minimum Gasteiger partial charge on any atom is -0.363 e. The molecule has 8 heteroatoms. The third-order valence-electron chi connectivity index (χ3n) is 6.65. The number of hydrogen-bond donors (Lipinski definition) is 2. The van der Waals surface area contributed by atoms with Crippen LogP contribution in [0.15, 0.2) is 48.8 Å². The molecule has 0 bridgehead atoms. The number of rotatable bonds is 7. The van der Waals surface area contributed by atoms with Gasteiger partial charge in [-0.3, -0.25) is 10.2 Å². The summed E-state index contributed by atoms with van der Waals surface area (Å²) in [5.74, 6) is 0.952. The van der Waals surface area contributed by atoms with Crippen LogP contribution in [0.1, 0.15) is 48.2 Å². The first-order chi connectivity index (χ1) is 16.7. The van der Waals surface area contributed by atoms with E-state index in [1.54, 1.807) is 23.7 Å². The second-order valence-electron chi connectivity index (χ2n) is 9.01. The number of benzene rings is 1. The zero-order chi connectivity index (χ0) is 23.3. The first-order valence-electron chi connectivity index (χ1n) is 12.2. The number of nitrogens with zero attached hydrogens (tertiary/aromatic N) is 4. The lowest BCUT2D eigenvalue weighted by atomic mass is 10.0. The van der Waals surface area contributed by atoms with Crippen LogP contribution in [0.25, 0.3) is 10.2 Å². The number of nitrogens with one attached hydrogen (secondary N) is 2. The van der Waals surface area contributed by atoms with E-state index >= 15 is 0 Å². The molecule has 2 aromatic heterocycles. The zero-order valence-electron chi connectivity index (χ0n) is 19.7. The third-order valence-corrected chi connectivity index (χ3v) is 7.78. The molecule has 7 nitrogen and oxygen atoms in total. The van der Waals surface area contributed by atoms with Gasteiger partial charge in [-0.2, -0.15) is 0 Å². The van der Waals surface area contributed by atoms with E-state index in [2.05, 4.69) is 56.9 Å². The van der Waals surface area contributed by atoms with E-state index in [4.69, 9.17) is 0 Å². The fourth-order valence-electron chi connectivity index (χ4n) is 4.75. The maximum atomic E-state index is 12.8. The van der Waals surface area contributed by atoms with Crippen LogP contribution in [0, 0.1) is 0 Å². The molecule has 4 heterocycles. The summed E-state index contributed by atoms with van der Waals surface area (Å²) in [5, 5.41) is 6.95. The Morgan fingerprint density at radius 3 is 2.79 bits per heavy atom. The molecule has 1 aromatic carbocycles. The average molecular weight is 477 g/mol. The van der Waals surface area contributed by atoms with Crippen molar-refractivity contribution in [2.45, 2.75) is 45.2 Å². The molecule has 1 atom stereocenters. The summed E-state index contributed by atoms with van der Waals surface area (Å²) >= 11 is 1.68. The van der Waals surface area contributed by atoms with Gasteiger partial charge in [0.1, 0.15) is 17.0 Å². The topological polar surface area (TPSA) is 73.4 Å². The Bertz CT molecular complexity index is 1150. The van der Waals surface area contributed by atoms with Crippen molar-refractivity contribution in [1.82, 2.24) is 25.3 Å². The minimum atomic E-state index is 0.0747. The molecule has 34 heavy (non-hydrogen) atoms. The van der Waals surface area contributed by atoms with Crippen LogP contribution in [-0.4, -0.2) is 52.0 Å². The van der Waals surface area contributed by atoms with Crippen molar-refractivity contribution >= 4 is 33.3 Å². The fourth-order valence-corrected chi connectivity index (χ4v) is 5.96. The Hall–Kier alpha value is -2.81. The number of aromatic nitrogens is 2. The molecular formula is C26H32N6OS. The lowest BCUT2D eigenvalue weighted by Gasteiger charge is -2.27. The van der Waals surface area contributed by atoms with E-state index in [0.717, 1.165) is 35.5 Å². The normalized spacial score (nSPS) is 17.7. The number of amides is 1. The highest BCUT2D eigenvalue weighted by atomic mass is 32.1. The fraction of sp³-hybridized carbons (Fsp3) is 0.423. The molecule has 2 N–H and O–H groups in total.